The van der Waals surface area contributed by atoms with E-state index in [1.54, 1.807) is 0 Å². The lowest BCUT2D eigenvalue weighted by Gasteiger charge is -1.93. The van der Waals surface area contributed by atoms with E-state index in [0.29, 0.717) is 0 Å². The predicted molar refractivity (Wildman–Crippen MR) is 48.1 cm³/mol. The zero-order chi connectivity index (χ0) is 11.3. The van der Waals surface area contributed by atoms with Crippen LogP contribution in [0.4, 0.5) is 11.5 Å². The Morgan fingerprint density at radius 3 is 2.07 bits per heavy atom. The molecular formula is C4H7N4O5S-. The molecule has 0 radical (unpaired) electrons. The molecule has 0 aromatic carbocycles. The van der Waals surface area contributed by atoms with Gasteiger partial charge in [0.2, 0.25) is 0 Å². The smallest absolute Gasteiger partial charge is 0.327 e. The van der Waals surface area contributed by atoms with Crippen LogP contribution < -0.4 is 22.7 Å². The molecule has 0 spiro atoms. The summed E-state index contributed by atoms with van der Waals surface area (Å²) in [5.41, 5.74) is 8.74. The molecule has 7 N–H and O–H groups in total. The van der Waals surface area contributed by atoms with Crippen LogP contribution in [0.5, 0.6) is 0 Å². The number of anilines is 2. The van der Waals surface area contributed by atoms with Crippen LogP contribution in [-0.2, 0) is 11.4 Å². The number of rotatable bonds is 0. The molecule has 9 nitrogen and oxygen atoms in total. The lowest BCUT2D eigenvalue weighted by Crippen LogP contribution is -2.26. The SMILES string of the molecule is Nc1[nH]c(=O)[nH][13c](=O)[13c]1N.O=S([O-])O. The van der Waals surface area contributed by atoms with Crippen molar-refractivity contribution in [3.63, 3.8) is 0 Å². The molecule has 0 bridgehead atoms. The Hall–Kier alpha value is -1.65. The van der Waals surface area contributed by atoms with Crippen LogP contribution >= 0.6 is 0 Å². The lowest BCUT2D eigenvalue weighted by atomic mass is 10.9. The molecule has 1 heterocycles. The van der Waals surface area contributed by atoms with Crippen LogP contribution in [0.25, 0.3) is 0 Å². The van der Waals surface area contributed by atoms with E-state index in [1.807, 2.05) is 4.98 Å². The monoisotopic (exact) mass is 225 g/mol. The zero-order valence-corrected chi connectivity index (χ0v) is 7.46. The first-order valence-corrected chi connectivity index (χ1v) is 4.03. The molecule has 1 unspecified atom stereocenters. The van der Waals surface area contributed by atoms with E-state index in [0.717, 1.165) is 0 Å². The van der Waals surface area contributed by atoms with Gasteiger partial charge in [-0.1, -0.05) is 0 Å². The van der Waals surface area contributed by atoms with Crippen LogP contribution in [-0.4, -0.2) is 23.3 Å². The summed E-state index contributed by atoms with van der Waals surface area (Å²) in [4.78, 5) is 25.0. The Morgan fingerprint density at radius 2 is 1.71 bits per heavy atom. The number of aromatic nitrogens is 2. The fraction of sp³-hybridized carbons (Fsp3) is 0. The molecule has 14 heavy (non-hydrogen) atoms. The maximum atomic E-state index is 10.6. The second-order valence-electron chi connectivity index (χ2n) is 1.95. The second-order valence-corrected chi connectivity index (χ2v) is 2.39. The molecule has 0 amide bonds. The van der Waals surface area contributed by atoms with Gasteiger partial charge >= 0.3 is 5.69 Å². The van der Waals surface area contributed by atoms with Crippen molar-refractivity contribution < 1.29 is 13.3 Å². The zero-order valence-electron chi connectivity index (χ0n) is 6.64. The van der Waals surface area contributed by atoms with E-state index in [1.165, 1.54) is 0 Å². The number of hydrogen-bond donors (Lipinski definition) is 5. The van der Waals surface area contributed by atoms with Crippen molar-refractivity contribution in [3.05, 3.63) is 20.8 Å². The summed E-state index contributed by atoms with van der Waals surface area (Å²) in [7, 11) is 0. The van der Waals surface area contributed by atoms with Crippen molar-refractivity contribution in [2.75, 3.05) is 11.5 Å². The van der Waals surface area contributed by atoms with Gasteiger partial charge in [-0.15, -0.1) is 0 Å². The molecule has 1 aromatic rings. The molecule has 1 rings (SSSR count). The number of nitrogens with one attached hydrogen (secondary N) is 2. The fourth-order valence-corrected chi connectivity index (χ4v) is 0.514. The maximum absolute atomic E-state index is 10.6. The summed E-state index contributed by atoms with van der Waals surface area (Å²) in [6.45, 7) is 0. The highest BCUT2D eigenvalue weighted by molar-refractivity contribution is 7.73. The summed E-state index contributed by atoms with van der Waals surface area (Å²) >= 11 is -2.86. The van der Waals surface area contributed by atoms with Crippen molar-refractivity contribution in [3.8, 4) is 0 Å². The largest absolute Gasteiger partial charge is 0.750 e. The molecule has 80 valence electrons. The van der Waals surface area contributed by atoms with Crippen molar-refractivity contribution in [1.29, 1.82) is 0 Å². The first-order chi connectivity index (χ1) is 6.34. The van der Waals surface area contributed by atoms with Gasteiger partial charge in [-0.25, -0.2) is 9.00 Å². The number of nitrogen functional groups attached to an aromatic ring is 2. The van der Waals surface area contributed by atoms with Crippen LogP contribution in [0.1, 0.15) is 0 Å². The fourth-order valence-electron chi connectivity index (χ4n) is 0.514. The normalized spacial score (nSPS) is 11.3. The number of aromatic amines is 2. The number of nitrogens with two attached hydrogens (primary N) is 2. The van der Waals surface area contributed by atoms with E-state index in [9.17, 15) is 9.59 Å². The van der Waals surface area contributed by atoms with Gasteiger partial charge in [-0.05, 0) is 0 Å². The number of H-pyrrole nitrogens is 2. The Balaban J connectivity index is 0.000000364. The predicted octanol–water partition coefficient (Wildman–Crippen LogP) is -2.43. The van der Waals surface area contributed by atoms with Gasteiger partial charge in [-0.3, -0.25) is 14.8 Å². The second kappa shape index (κ2) is 5.16. The molecule has 0 saturated heterocycles. The van der Waals surface area contributed by atoms with E-state index in [4.69, 9.17) is 24.8 Å². The van der Waals surface area contributed by atoms with Gasteiger partial charge in [0.25, 0.3) is 5.56 Å². The molecule has 0 fully saturated rings. The Morgan fingerprint density at radius 1 is 1.29 bits per heavy atom. The van der Waals surface area contributed by atoms with Crippen molar-refractivity contribution in [2.24, 2.45) is 0 Å². The molecule has 0 aliphatic heterocycles. The van der Waals surface area contributed by atoms with E-state index >= 15 is 0 Å². The first-order valence-electron chi connectivity index (χ1n) is 3.00. The van der Waals surface area contributed by atoms with Gasteiger partial charge in [0.05, 0.1) is 11.4 Å². The highest BCUT2D eigenvalue weighted by Crippen LogP contribution is 1.96. The quantitative estimate of drug-likeness (QED) is 0.304. The Bertz CT molecular complexity index is 432. The molecule has 1 atom stereocenters. The van der Waals surface area contributed by atoms with Crippen molar-refractivity contribution in [2.45, 2.75) is 0 Å². The maximum Gasteiger partial charge on any atom is 0.327 e. The Kier molecular flexibility index (Phi) is 4.55. The third kappa shape index (κ3) is 4.39. The van der Waals surface area contributed by atoms with Gasteiger partial charge in [0.15, 0.2) is 0 Å². The van der Waals surface area contributed by atoms with Crippen LogP contribution in [0.15, 0.2) is 9.59 Å². The van der Waals surface area contributed by atoms with Crippen LogP contribution in [0.2, 0.25) is 0 Å². The molecular weight excluding hydrogens is 218 g/mol. The van der Waals surface area contributed by atoms with Crippen molar-refractivity contribution in [1.82, 2.24) is 9.97 Å². The molecule has 0 saturated carbocycles. The van der Waals surface area contributed by atoms with E-state index in [-0.39, 0.29) is 11.5 Å². The van der Waals surface area contributed by atoms with Gasteiger partial charge in [0.1, 0.15) is 11.5 Å². The molecule has 1 aromatic heterocycles. The highest BCUT2D eigenvalue weighted by Gasteiger charge is 1.98. The summed E-state index contributed by atoms with van der Waals surface area (Å²) < 4.78 is 24.1. The van der Waals surface area contributed by atoms with Crippen molar-refractivity contribution >= 4 is 22.9 Å². The third-order valence-corrected chi connectivity index (χ3v) is 1.01. The third-order valence-electron chi connectivity index (χ3n) is 1.01. The highest BCUT2D eigenvalue weighted by atomic mass is 32.2. The van der Waals surface area contributed by atoms with E-state index < -0.39 is 22.6 Å². The summed E-state index contributed by atoms with van der Waals surface area (Å²) in [5.74, 6) is -0.103. The van der Waals surface area contributed by atoms with Crippen LogP contribution in [0.3, 0.4) is 0 Å². The molecule has 0 aliphatic carbocycles. The lowest BCUT2D eigenvalue weighted by molar-refractivity contribution is 0.436. The molecule has 0 aliphatic rings. The standard InChI is InChI=1S/C4H6N4O2.H2O3S/c5-1-2(6)7-4(10)8-3(1)9;1-4(2)3/h5H2,(H4,6,7,8,9,10);(H2,1,2,3)/p-1/i1+1,3+1;. The summed E-state index contributed by atoms with van der Waals surface area (Å²) in [5, 5.41) is 0. The minimum atomic E-state index is -2.86. The van der Waals surface area contributed by atoms with Crippen LogP contribution in [0, 0.1) is 0 Å². The minimum Gasteiger partial charge on any atom is -0.750 e. The summed E-state index contributed by atoms with van der Waals surface area (Å²) in [6.07, 6.45) is 0. The number of hydrogen-bond acceptors (Lipinski definition) is 6. The van der Waals surface area contributed by atoms with E-state index in [2.05, 4.69) is 4.98 Å². The van der Waals surface area contributed by atoms with Gasteiger partial charge in [0, 0.05) is 0 Å². The average Bonchev–Trinajstić information content (AvgIpc) is 1.98. The minimum absolute atomic E-state index is 0.103. The topological polar surface area (TPSA) is 178 Å². The molecule has 10 heteroatoms. The van der Waals surface area contributed by atoms with Gasteiger partial charge < -0.3 is 20.6 Å². The van der Waals surface area contributed by atoms with Gasteiger partial charge in [-0.2, -0.15) is 0 Å². The first kappa shape index (κ1) is 12.3. The average molecular weight is 225 g/mol. The Labute approximate surface area is 79.3 Å². The summed E-state index contributed by atoms with van der Waals surface area (Å²) in [6, 6.07) is 0.